The molecule has 0 aromatic heterocycles. The summed E-state index contributed by atoms with van der Waals surface area (Å²) in [7, 11) is 4.29. The van der Waals surface area contributed by atoms with E-state index < -0.39 is 0 Å². The molecule has 2 saturated carbocycles. The van der Waals surface area contributed by atoms with E-state index in [0.717, 1.165) is 69.1 Å². The fourth-order valence-electron chi connectivity index (χ4n) is 6.28. The molecule has 2 aliphatic carbocycles. The van der Waals surface area contributed by atoms with Crippen molar-refractivity contribution in [2.45, 2.75) is 76.9 Å². The van der Waals surface area contributed by atoms with Crippen LogP contribution in [0.3, 0.4) is 0 Å². The van der Waals surface area contributed by atoms with Crippen molar-refractivity contribution in [3.63, 3.8) is 0 Å². The number of carbonyl (C=O) groups excluding carboxylic acids is 1. The number of carbonyl (C=O) groups is 1. The lowest BCUT2D eigenvalue weighted by molar-refractivity contribution is -0.111. The predicted molar refractivity (Wildman–Crippen MR) is 130 cm³/mol. The van der Waals surface area contributed by atoms with Gasteiger partial charge in [0.2, 0.25) is 0 Å². The van der Waals surface area contributed by atoms with Crippen molar-refractivity contribution in [1.29, 1.82) is 0 Å². The molecule has 0 radical (unpaired) electrons. The van der Waals surface area contributed by atoms with Gasteiger partial charge in [0.05, 0.1) is 6.04 Å². The number of hydrogen-bond acceptors (Lipinski definition) is 4. The molecule has 3 fully saturated rings. The lowest BCUT2D eigenvalue weighted by Gasteiger charge is -2.45. The van der Waals surface area contributed by atoms with E-state index in [1.807, 2.05) is 6.07 Å². The molecule has 0 amide bonds. The summed E-state index contributed by atoms with van der Waals surface area (Å²) in [6.45, 7) is 6.41. The van der Waals surface area contributed by atoms with E-state index >= 15 is 0 Å². The van der Waals surface area contributed by atoms with E-state index in [2.05, 4.69) is 60.4 Å². The maximum absolute atomic E-state index is 10.9. The summed E-state index contributed by atoms with van der Waals surface area (Å²) in [5, 5.41) is 3.56. The van der Waals surface area contributed by atoms with Gasteiger partial charge in [0.15, 0.2) is 0 Å². The molecule has 3 aliphatic rings. The number of fused-ring (bicyclic) bond motifs is 2. The van der Waals surface area contributed by atoms with Crippen molar-refractivity contribution in [2.75, 3.05) is 33.7 Å². The third-order valence-electron chi connectivity index (χ3n) is 7.97. The number of nitrogens with zero attached hydrogens (tertiary/aromatic N) is 2. The van der Waals surface area contributed by atoms with E-state index in [0.29, 0.717) is 0 Å². The molecule has 1 aromatic rings. The van der Waals surface area contributed by atoms with E-state index in [-0.39, 0.29) is 6.04 Å². The van der Waals surface area contributed by atoms with Gasteiger partial charge in [-0.3, -0.25) is 4.90 Å². The normalized spacial score (nSPS) is 30.6. The summed E-state index contributed by atoms with van der Waals surface area (Å²) >= 11 is 0. The Balaban J connectivity index is 0.000000185. The largest absolute Gasteiger partial charge is 0.316 e. The summed E-state index contributed by atoms with van der Waals surface area (Å²) in [4.78, 5) is 15.5. The molecule has 4 rings (SSSR count). The lowest BCUT2D eigenvalue weighted by Crippen LogP contribution is -2.46. The molecule has 174 valence electrons. The Hall–Kier alpha value is -1.23. The Labute approximate surface area is 190 Å². The summed E-state index contributed by atoms with van der Waals surface area (Å²) in [5.41, 5.74) is 1.34. The molecule has 1 N–H and O–H groups in total. The number of likely N-dealkylation sites (tertiary alicyclic amines) is 1. The van der Waals surface area contributed by atoms with Gasteiger partial charge in [-0.1, -0.05) is 56.5 Å². The van der Waals surface area contributed by atoms with Crippen LogP contribution in [-0.2, 0) is 11.3 Å². The molecule has 1 aliphatic heterocycles. The van der Waals surface area contributed by atoms with E-state index in [4.69, 9.17) is 0 Å². The van der Waals surface area contributed by atoms with Crippen molar-refractivity contribution < 1.29 is 4.79 Å². The molecule has 4 nitrogen and oxygen atoms in total. The molecule has 1 aromatic carbocycles. The molecule has 1 heterocycles. The van der Waals surface area contributed by atoms with Gasteiger partial charge in [-0.05, 0) is 76.1 Å². The highest BCUT2D eigenvalue weighted by atomic mass is 16.1. The smallest absolute Gasteiger partial charge is 0.137 e. The number of aldehydes is 1. The Morgan fingerprint density at radius 2 is 1.94 bits per heavy atom. The molecule has 0 spiro atoms. The SMILES string of the molecule is CCC1CC2CCCC(C2)C1NC.CN(CCN1CCCC1C=O)Cc1ccccc1. The Morgan fingerprint density at radius 3 is 2.65 bits per heavy atom. The highest BCUT2D eigenvalue weighted by Crippen LogP contribution is 2.43. The van der Waals surface area contributed by atoms with Crippen LogP contribution < -0.4 is 5.32 Å². The maximum Gasteiger partial charge on any atom is 0.137 e. The van der Waals surface area contributed by atoms with Gasteiger partial charge >= 0.3 is 0 Å². The van der Waals surface area contributed by atoms with Crippen LogP contribution in [0.1, 0.15) is 63.9 Å². The Morgan fingerprint density at radius 1 is 1.13 bits per heavy atom. The van der Waals surface area contributed by atoms with E-state index in [1.54, 1.807) is 0 Å². The standard InChI is InChI=1S/C15H22N2O.C12H23N/c1-16(12-14-6-3-2-4-7-14)10-11-17-9-5-8-15(17)13-18;1-3-10-7-9-5-4-6-11(8-9)12(10)13-2/h2-4,6-7,13,15H,5,8-12H2,1H3;9-13H,3-8H2,1-2H3. The fourth-order valence-corrected chi connectivity index (χ4v) is 6.28. The van der Waals surface area contributed by atoms with Crippen molar-refractivity contribution >= 4 is 6.29 Å². The molecule has 1 saturated heterocycles. The zero-order chi connectivity index (χ0) is 22.1. The van der Waals surface area contributed by atoms with Crippen molar-refractivity contribution in [2.24, 2.45) is 17.8 Å². The van der Waals surface area contributed by atoms with Crippen LogP contribution in [0.2, 0.25) is 0 Å². The first kappa shape index (κ1) is 24.4. The lowest BCUT2D eigenvalue weighted by atomic mass is 9.64. The average Bonchev–Trinajstić information content (AvgIpc) is 3.26. The highest BCUT2D eigenvalue weighted by molar-refractivity contribution is 5.58. The number of nitrogens with one attached hydrogen (secondary N) is 1. The first-order valence-corrected chi connectivity index (χ1v) is 12.7. The Bertz CT molecular complexity index is 635. The van der Waals surface area contributed by atoms with Crippen LogP contribution in [0.4, 0.5) is 0 Å². The molecule has 5 atom stereocenters. The van der Waals surface area contributed by atoms with E-state index in [9.17, 15) is 4.79 Å². The topological polar surface area (TPSA) is 35.6 Å². The van der Waals surface area contributed by atoms with Gasteiger partial charge in [-0.2, -0.15) is 0 Å². The summed E-state index contributed by atoms with van der Waals surface area (Å²) < 4.78 is 0. The van der Waals surface area contributed by atoms with Crippen LogP contribution in [0.25, 0.3) is 0 Å². The molecule has 5 unspecified atom stereocenters. The molecular weight excluding hydrogens is 382 g/mol. The first-order valence-electron chi connectivity index (χ1n) is 12.7. The van der Waals surface area contributed by atoms with Crippen molar-refractivity contribution in [1.82, 2.24) is 15.1 Å². The van der Waals surface area contributed by atoms with Gasteiger partial charge in [0.25, 0.3) is 0 Å². The molecule has 31 heavy (non-hydrogen) atoms. The molecule has 2 bridgehead atoms. The second-order valence-electron chi connectivity index (χ2n) is 10.1. The third-order valence-corrected chi connectivity index (χ3v) is 7.97. The number of rotatable bonds is 8. The number of likely N-dealkylation sites (N-methyl/N-ethyl adjacent to an activating group) is 1. The highest BCUT2D eigenvalue weighted by Gasteiger charge is 2.37. The minimum Gasteiger partial charge on any atom is -0.316 e. The van der Waals surface area contributed by atoms with Gasteiger partial charge in [0, 0.05) is 25.7 Å². The first-order chi connectivity index (χ1) is 15.1. The van der Waals surface area contributed by atoms with Gasteiger partial charge in [-0.25, -0.2) is 0 Å². The van der Waals surface area contributed by atoms with Crippen LogP contribution >= 0.6 is 0 Å². The monoisotopic (exact) mass is 427 g/mol. The fraction of sp³-hybridized carbons (Fsp3) is 0.741. The quantitative estimate of drug-likeness (QED) is 0.616. The van der Waals surface area contributed by atoms with E-state index in [1.165, 1.54) is 44.1 Å². The average molecular weight is 428 g/mol. The maximum atomic E-state index is 10.9. The zero-order valence-electron chi connectivity index (χ0n) is 20.1. The van der Waals surface area contributed by atoms with Gasteiger partial charge < -0.3 is 15.0 Å². The minimum atomic E-state index is 0.162. The minimum absolute atomic E-state index is 0.162. The number of benzene rings is 1. The summed E-state index contributed by atoms with van der Waals surface area (Å²) in [6, 6.07) is 11.5. The predicted octanol–water partition coefficient (Wildman–Crippen LogP) is 4.59. The summed E-state index contributed by atoms with van der Waals surface area (Å²) in [6.07, 6.45) is 12.2. The second-order valence-corrected chi connectivity index (χ2v) is 10.1. The third kappa shape index (κ3) is 7.13. The second kappa shape index (κ2) is 12.7. The van der Waals surface area contributed by atoms with Gasteiger partial charge in [-0.15, -0.1) is 0 Å². The van der Waals surface area contributed by atoms with Crippen molar-refractivity contribution in [3.05, 3.63) is 35.9 Å². The molecular formula is C27H45N3O. The molecule has 4 heteroatoms. The van der Waals surface area contributed by atoms with Gasteiger partial charge in [0.1, 0.15) is 6.29 Å². The van der Waals surface area contributed by atoms with Crippen molar-refractivity contribution in [3.8, 4) is 0 Å². The van der Waals surface area contributed by atoms with Crippen LogP contribution in [-0.4, -0.2) is 61.9 Å². The number of hydrogen-bond donors (Lipinski definition) is 1. The van der Waals surface area contributed by atoms with Crippen LogP contribution in [0.15, 0.2) is 30.3 Å². The van der Waals surface area contributed by atoms with Crippen LogP contribution in [0.5, 0.6) is 0 Å². The Kier molecular flexibility index (Phi) is 10.0. The summed E-state index contributed by atoms with van der Waals surface area (Å²) in [5.74, 6) is 3.05. The zero-order valence-corrected chi connectivity index (χ0v) is 20.1. The van der Waals surface area contributed by atoms with Crippen LogP contribution in [0, 0.1) is 17.8 Å².